The van der Waals surface area contributed by atoms with Crippen LogP contribution in [-0.2, 0) is 0 Å². The first-order valence-corrected chi connectivity index (χ1v) is 6.74. The van der Waals surface area contributed by atoms with Crippen LogP contribution in [-0.4, -0.2) is 22.2 Å². The van der Waals surface area contributed by atoms with Crippen LogP contribution in [0.5, 0.6) is 0 Å². The van der Waals surface area contributed by atoms with Crippen LogP contribution in [0, 0.1) is 13.8 Å². The molecule has 0 radical (unpaired) electrons. The zero-order chi connectivity index (χ0) is 13.7. The van der Waals surface area contributed by atoms with Crippen LogP contribution in [0.15, 0.2) is 22.9 Å². The maximum Gasteiger partial charge on any atom is 0.346 e. The summed E-state index contributed by atoms with van der Waals surface area (Å²) < 4.78 is 0. The summed E-state index contributed by atoms with van der Waals surface area (Å²) in [6.45, 7) is 3.58. The fraction of sp³-hybridized carbons (Fsp3) is 0.167. The number of rotatable bonds is 2. The second-order valence-electron chi connectivity index (χ2n) is 3.48. The van der Waals surface area contributed by atoms with Crippen LogP contribution in [0.25, 0.3) is 0 Å². The molecule has 2 N–H and O–H groups in total. The zero-order valence-electron chi connectivity index (χ0n) is 9.84. The van der Waals surface area contributed by atoms with E-state index in [9.17, 15) is 9.59 Å². The van der Waals surface area contributed by atoms with Gasteiger partial charge in [0.15, 0.2) is 0 Å². The summed E-state index contributed by atoms with van der Waals surface area (Å²) in [4.78, 5) is 21.5. The molecule has 0 bridgehead atoms. The molecule has 18 heavy (non-hydrogen) atoms. The van der Waals surface area contributed by atoms with E-state index >= 15 is 0 Å². The second kappa shape index (κ2) is 6.32. The molecule has 4 nitrogen and oxygen atoms in total. The van der Waals surface area contributed by atoms with Crippen molar-refractivity contribution in [3.05, 3.63) is 43.8 Å². The number of carbonyl (C=O) groups is 2. The first-order valence-electron chi connectivity index (χ1n) is 4.98. The normalized spacial score (nSPS) is 9.44. The van der Waals surface area contributed by atoms with Gasteiger partial charge in [-0.15, -0.1) is 22.7 Å². The van der Waals surface area contributed by atoms with Crippen molar-refractivity contribution in [2.75, 3.05) is 0 Å². The largest absolute Gasteiger partial charge is 0.477 e. The Kier molecular flexibility index (Phi) is 5.06. The highest BCUT2D eigenvalue weighted by molar-refractivity contribution is 7.12. The highest BCUT2D eigenvalue weighted by atomic mass is 32.1. The van der Waals surface area contributed by atoms with Crippen LogP contribution >= 0.6 is 22.7 Å². The number of carboxylic acid groups (broad SMARTS) is 2. The van der Waals surface area contributed by atoms with E-state index in [2.05, 4.69) is 0 Å². The van der Waals surface area contributed by atoms with Crippen LogP contribution in [0.4, 0.5) is 0 Å². The van der Waals surface area contributed by atoms with Gasteiger partial charge in [-0.3, -0.25) is 0 Å². The number of aryl methyl sites for hydroxylation is 2. The van der Waals surface area contributed by atoms with Crippen molar-refractivity contribution in [2.24, 2.45) is 0 Å². The lowest BCUT2D eigenvalue weighted by atomic mass is 10.3. The lowest BCUT2D eigenvalue weighted by Crippen LogP contribution is -1.93. The van der Waals surface area contributed by atoms with E-state index in [-0.39, 0.29) is 0 Å². The van der Waals surface area contributed by atoms with Crippen LogP contribution in [0.2, 0.25) is 0 Å². The highest BCUT2D eigenvalue weighted by Gasteiger charge is 2.06. The van der Waals surface area contributed by atoms with Crippen molar-refractivity contribution >= 4 is 34.6 Å². The molecular formula is C12H12O4S2. The molecule has 0 saturated carbocycles. The first-order chi connectivity index (χ1) is 8.43. The quantitative estimate of drug-likeness (QED) is 0.885. The van der Waals surface area contributed by atoms with Gasteiger partial charge in [0.1, 0.15) is 9.75 Å². The Labute approximate surface area is 112 Å². The average Bonchev–Trinajstić information content (AvgIpc) is 2.87. The van der Waals surface area contributed by atoms with E-state index in [4.69, 9.17) is 10.2 Å². The van der Waals surface area contributed by atoms with Gasteiger partial charge in [-0.05, 0) is 47.9 Å². The maximum absolute atomic E-state index is 10.3. The summed E-state index contributed by atoms with van der Waals surface area (Å²) in [5, 5.41) is 20.5. The molecule has 0 fully saturated rings. The number of carboxylic acids is 2. The Morgan fingerprint density at radius 1 is 0.889 bits per heavy atom. The van der Waals surface area contributed by atoms with Gasteiger partial charge in [-0.2, -0.15) is 0 Å². The minimum Gasteiger partial charge on any atom is -0.477 e. The molecule has 0 aliphatic carbocycles. The minimum atomic E-state index is -0.831. The van der Waals surface area contributed by atoms with Gasteiger partial charge in [-0.1, -0.05) is 0 Å². The molecule has 6 heteroatoms. The van der Waals surface area contributed by atoms with Crippen LogP contribution < -0.4 is 0 Å². The Morgan fingerprint density at radius 2 is 1.22 bits per heavy atom. The molecule has 0 spiro atoms. The Bertz CT molecular complexity index is 504. The molecular weight excluding hydrogens is 272 g/mol. The SMILES string of the molecule is Cc1ccsc1C(=O)O.Cc1ccsc1C(=O)O. The van der Waals surface area contributed by atoms with E-state index in [1.54, 1.807) is 36.7 Å². The van der Waals surface area contributed by atoms with Gasteiger partial charge >= 0.3 is 11.9 Å². The predicted octanol–water partition coefficient (Wildman–Crippen LogP) is 3.51. The minimum absolute atomic E-state index is 0.440. The third-order valence-electron chi connectivity index (χ3n) is 2.11. The van der Waals surface area contributed by atoms with E-state index in [1.807, 2.05) is 0 Å². The molecule has 0 aliphatic rings. The molecule has 0 aliphatic heterocycles. The summed E-state index contributed by atoms with van der Waals surface area (Å²) >= 11 is 2.52. The van der Waals surface area contributed by atoms with E-state index < -0.39 is 11.9 Å². The molecule has 0 aromatic carbocycles. The molecule has 0 amide bonds. The molecule has 2 heterocycles. The smallest absolute Gasteiger partial charge is 0.346 e. The van der Waals surface area contributed by atoms with Gasteiger partial charge in [-0.25, -0.2) is 9.59 Å². The first kappa shape index (κ1) is 14.4. The van der Waals surface area contributed by atoms with Crippen molar-refractivity contribution in [3.63, 3.8) is 0 Å². The molecule has 0 atom stereocenters. The van der Waals surface area contributed by atoms with Gasteiger partial charge in [0, 0.05) is 0 Å². The summed E-state index contributed by atoms with van der Waals surface area (Å²) in [6, 6.07) is 3.60. The number of hydrogen-bond donors (Lipinski definition) is 2. The molecule has 2 aromatic rings. The molecule has 2 aromatic heterocycles. The summed E-state index contributed by atoms with van der Waals surface area (Å²) in [7, 11) is 0. The Hall–Kier alpha value is -1.66. The molecule has 96 valence electrons. The zero-order valence-corrected chi connectivity index (χ0v) is 11.5. The average molecular weight is 284 g/mol. The Morgan fingerprint density at radius 3 is 1.33 bits per heavy atom. The van der Waals surface area contributed by atoms with E-state index in [0.717, 1.165) is 11.1 Å². The third-order valence-corrected chi connectivity index (χ3v) is 4.12. The standard InChI is InChI=1S/2C6H6O2S/c2*1-4-2-3-9-5(4)6(7)8/h2*2-3H,1H3,(H,7,8). The fourth-order valence-corrected chi connectivity index (χ4v) is 2.71. The fourth-order valence-electron chi connectivity index (χ4n) is 1.18. The van der Waals surface area contributed by atoms with Crippen molar-refractivity contribution in [1.82, 2.24) is 0 Å². The van der Waals surface area contributed by atoms with Crippen molar-refractivity contribution in [1.29, 1.82) is 0 Å². The summed E-state index contributed by atoms with van der Waals surface area (Å²) in [6.07, 6.45) is 0. The molecule has 0 unspecified atom stereocenters. The van der Waals surface area contributed by atoms with Gasteiger partial charge < -0.3 is 10.2 Å². The van der Waals surface area contributed by atoms with Gasteiger partial charge in [0.25, 0.3) is 0 Å². The lowest BCUT2D eigenvalue weighted by Gasteiger charge is -1.86. The van der Waals surface area contributed by atoms with E-state index in [1.165, 1.54) is 22.7 Å². The lowest BCUT2D eigenvalue weighted by molar-refractivity contribution is 0.0690. The predicted molar refractivity (Wildman–Crippen MR) is 72.0 cm³/mol. The van der Waals surface area contributed by atoms with Crippen LogP contribution in [0.3, 0.4) is 0 Å². The van der Waals surface area contributed by atoms with Crippen molar-refractivity contribution in [3.8, 4) is 0 Å². The maximum atomic E-state index is 10.3. The highest BCUT2D eigenvalue weighted by Crippen LogP contribution is 2.15. The van der Waals surface area contributed by atoms with E-state index in [0.29, 0.717) is 9.75 Å². The number of aromatic carboxylic acids is 2. The summed E-state index contributed by atoms with van der Waals surface area (Å²) in [5.74, 6) is -1.66. The second-order valence-corrected chi connectivity index (χ2v) is 5.31. The number of hydrogen-bond acceptors (Lipinski definition) is 4. The Balaban J connectivity index is 0.000000180. The molecule has 2 rings (SSSR count). The van der Waals surface area contributed by atoms with Crippen molar-refractivity contribution in [2.45, 2.75) is 13.8 Å². The van der Waals surface area contributed by atoms with Crippen molar-refractivity contribution < 1.29 is 19.8 Å². The van der Waals surface area contributed by atoms with Gasteiger partial charge in [0.2, 0.25) is 0 Å². The monoisotopic (exact) mass is 284 g/mol. The summed E-state index contributed by atoms with van der Waals surface area (Å²) in [5.41, 5.74) is 1.68. The third kappa shape index (κ3) is 3.68. The number of thiophene rings is 2. The van der Waals surface area contributed by atoms with Crippen LogP contribution in [0.1, 0.15) is 30.5 Å². The van der Waals surface area contributed by atoms with Gasteiger partial charge in [0.05, 0.1) is 0 Å². The molecule has 0 saturated heterocycles. The topological polar surface area (TPSA) is 74.6 Å².